The van der Waals surface area contributed by atoms with E-state index in [0.717, 1.165) is 35.1 Å². The van der Waals surface area contributed by atoms with Gasteiger partial charge in [-0.3, -0.25) is 9.69 Å². The van der Waals surface area contributed by atoms with Crippen molar-refractivity contribution in [3.63, 3.8) is 0 Å². The standard InChI is InChI=1S/C29H29N3O5.CH4/c33-21-6-3-17-12-22-29(36)13-19(27(35)31-18-4-5-20-16(11-18)7-9-30-20)24(34)26-28(29,23(17)25(21)37-26)8-10-32(22)14-15-1-2-15;/h3-7,9,11,15,22,26,30,33-34,36H,1-2,8,10,12-14H2,(H,31,35);1H4/t22-,26+,28+,29-;/m1./s1. The van der Waals surface area contributed by atoms with Gasteiger partial charge in [0, 0.05) is 47.4 Å². The summed E-state index contributed by atoms with van der Waals surface area (Å²) >= 11 is 0. The quantitative estimate of drug-likeness (QED) is 0.357. The van der Waals surface area contributed by atoms with Crippen molar-refractivity contribution in [3.8, 4) is 11.5 Å². The summed E-state index contributed by atoms with van der Waals surface area (Å²) in [6.07, 6.45) is 4.58. The zero-order valence-electron chi connectivity index (χ0n) is 20.3. The van der Waals surface area contributed by atoms with E-state index in [1.165, 1.54) is 12.8 Å². The van der Waals surface area contributed by atoms with Crippen molar-refractivity contribution in [1.29, 1.82) is 0 Å². The third-order valence-corrected chi connectivity index (χ3v) is 9.60. The van der Waals surface area contributed by atoms with E-state index in [1.54, 1.807) is 6.07 Å². The number of carbonyl (C=O) groups is 1. The monoisotopic (exact) mass is 515 g/mol. The van der Waals surface area contributed by atoms with Crippen molar-refractivity contribution >= 4 is 22.5 Å². The number of carbonyl (C=O) groups excluding carboxylic acids is 1. The maximum absolute atomic E-state index is 13.6. The van der Waals surface area contributed by atoms with Gasteiger partial charge in [0.15, 0.2) is 17.6 Å². The summed E-state index contributed by atoms with van der Waals surface area (Å²) in [5, 5.41) is 38.8. The molecule has 1 saturated carbocycles. The number of rotatable bonds is 4. The molecule has 8 heteroatoms. The van der Waals surface area contributed by atoms with Gasteiger partial charge in [0.1, 0.15) is 5.76 Å². The molecule has 1 spiro atoms. The predicted molar refractivity (Wildman–Crippen MR) is 143 cm³/mol. The maximum atomic E-state index is 13.6. The first-order valence-electron chi connectivity index (χ1n) is 13.2. The Bertz CT molecular complexity index is 1520. The topological polar surface area (TPSA) is 118 Å². The predicted octanol–water partition coefficient (Wildman–Crippen LogP) is 4.13. The van der Waals surface area contributed by atoms with E-state index >= 15 is 0 Å². The smallest absolute Gasteiger partial charge is 0.255 e. The number of anilines is 1. The Morgan fingerprint density at radius 2 is 2.03 bits per heavy atom. The van der Waals surface area contributed by atoms with Crippen molar-refractivity contribution in [3.05, 3.63) is 65.1 Å². The molecule has 0 unspecified atom stereocenters. The highest BCUT2D eigenvalue weighted by molar-refractivity contribution is 6.05. The van der Waals surface area contributed by atoms with Gasteiger partial charge in [-0.2, -0.15) is 0 Å². The highest BCUT2D eigenvalue weighted by Gasteiger charge is 2.73. The lowest BCUT2D eigenvalue weighted by atomic mass is 9.49. The molecular formula is C30H33N3O5. The fourth-order valence-corrected chi connectivity index (χ4v) is 7.71. The van der Waals surface area contributed by atoms with Gasteiger partial charge in [-0.25, -0.2) is 0 Å². The van der Waals surface area contributed by atoms with E-state index in [4.69, 9.17) is 4.74 Å². The van der Waals surface area contributed by atoms with Crippen molar-refractivity contribution in [1.82, 2.24) is 9.88 Å². The molecule has 2 fully saturated rings. The van der Waals surface area contributed by atoms with Crippen LogP contribution in [0.25, 0.3) is 10.9 Å². The molecule has 0 radical (unpaired) electrons. The van der Waals surface area contributed by atoms with Crippen molar-refractivity contribution < 1.29 is 24.9 Å². The number of aromatic nitrogens is 1. The third-order valence-electron chi connectivity index (χ3n) is 9.60. The van der Waals surface area contributed by atoms with E-state index in [2.05, 4.69) is 15.2 Å². The number of amides is 1. The Hall–Kier alpha value is -3.49. The summed E-state index contributed by atoms with van der Waals surface area (Å²) in [6, 6.07) is 10.9. The van der Waals surface area contributed by atoms with Crippen LogP contribution < -0.4 is 10.1 Å². The van der Waals surface area contributed by atoms with E-state index in [0.29, 0.717) is 30.2 Å². The third kappa shape index (κ3) is 2.90. The molecule has 5 N–H and O–H groups in total. The lowest BCUT2D eigenvalue weighted by Crippen LogP contribution is -2.75. The van der Waals surface area contributed by atoms with Gasteiger partial charge in [0.2, 0.25) is 0 Å². The van der Waals surface area contributed by atoms with Gasteiger partial charge in [0.05, 0.1) is 16.6 Å². The first-order valence-corrected chi connectivity index (χ1v) is 13.2. The summed E-state index contributed by atoms with van der Waals surface area (Å²) in [5.74, 6) is 0.395. The van der Waals surface area contributed by atoms with Gasteiger partial charge < -0.3 is 30.4 Å². The lowest BCUT2D eigenvalue weighted by Gasteiger charge is -2.62. The van der Waals surface area contributed by atoms with Crippen LogP contribution in [-0.2, 0) is 16.6 Å². The molecule has 1 aromatic heterocycles. The molecule has 8 nitrogen and oxygen atoms in total. The fourth-order valence-electron chi connectivity index (χ4n) is 7.71. The van der Waals surface area contributed by atoms with Crippen molar-refractivity contribution in [2.45, 2.75) is 62.7 Å². The van der Waals surface area contributed by atoms with Crippen LogP contribution in [0.5, 0.6) is 11.5 Å². The second-order valence-electron chi connectivity index (χ2n) is 11.5. The van der Waals surface area contributed by atoms with E-state index < -0.39 is 23.0 Å². The highest BCUT2D eigenvalue weighted by Crippen LogP contribution is 2.66. The van der Waals surface area contributed by atoms with E-state index in [1.807, 2.05) is 36.5 Å². The summed E-state index contributed by atoms with van der Waals surface area (Å²) in [5.41, 5.74) is 1.35. The summed E-state index contributed by atoms with van der Waals surface area (Å²) in [6.45, 7) is 1.71. The number of aromatic hydroxyl groups is 1. The number of phenols is 1. The number of hydrogen-bond acceptors (Lipinski definition) is 6. The summed E-state index contributed by atoms with van der Waals surface area (Å²) < 4.78 is 6.27. The van der Waals surface area contributed by atoms with Gasteiger partial charge >= 0.3 is 0 Å². The average Bonchev–Trinajstić information content (AvgIpc) is 3.43. The first kappa shape index (κ1) is 23.6. The summed E-state index contributed by atoms with van der Waals surface area (Å²) in [4.78, 5) is 19.2. The molecule has 5 aliphatic rings. The second kappa shape index (κ2) is 7.77. The molecule has 8 rings (SSSR count). The molecule has 2 aromatic carbocycles. The number of benzene rings is 2. The van der Waals surface area contributed by atoms with Crippen LogP contribution in [0.3, 0.4) is 0 Å². The number of aliphatic hydroxyl groups is 2. The Labute approximate surface area is 220 Å². The molecule has 2 bridgehead atoms. The molecule has 198 valence electrons. The second-order valence-corrected chi connectivity index (χ2v) is 11.5. The Balaban J connectivity index is 0.00000242. The van der Waals surface area contributed by atoms with Crippen molar-refractivity contribution in [2.24, 2.45) is 5.92 Å². The number of phenolic OH excluding ortho intramolecular Hbond substituents is 1. The Morgan fingerprint density at radius 1 is 1.18 bits per heavy atom. The minimum Gasteiger partial charge on any atom is -0.508 e. The molecular weight excluding hydrogens is 482 g/mol. The van der Waals surface area contributed by atoms with Crippen LogP contribution in [0.1, 0.15) is 44.2 Å². The van der Waals surface area contributed by atoms with Crippen LogP contribution in [0, 0.1) is 5.92 Å². The first-order chi connectivity index (χ1) is 17.9. The van der Waals surface area contributed by atoms with Gasteiger partial charge in [-0.15, -0.1) is 0 Å². The molecule has 1 saturated heterocycles. The van der Waals surface area contributed by atoms with Crippen LogP contribution in [0.15, 0.2) is 53.9 Å². The van der Waals surface area contributed by atoms with Gasteiger partial charge in [0.25, 0.3) is 5.91 Å². The molecule has 3 aromatic rings. The molecule has 3 heterocycles. The molecule has 1 amide bonds. The Morgan fingerprint density at radius 3 is 2.84 bits per heavy atom. The van der Waals surface area contributed by atoms with Crippen LogP contribution >= 0.6 is 0 Å². The number of aliphatic hydroxyl groups excluding tert-OH is 1. The molecule has 2 aliphatic heterocycles. The van der Waals surface area contributed by atoms with Gasteiger partial charge in [-0.1, -0.05) is 13.5 Å². The zero-order valence-corrected chi connectivity index (χ0v) is 20.3. The molecule has 4 atom stereocenters. The van der Waals surface area contributed by atoms with E-state index in [9.17, 15) is 20.1 Å². The minimum absolute atomic E-state index is 0. The maximum Gasteiger partial charge on any atom is 0.255 e. The Kier molecular flexibility index (Phi) is 4.83. The normalized spacial score (nSPS) is 31.0. The van der Waals surface area contributed by atoms with Gasteiger partial charge in [-0.05, 0) is 74.0 Å². The molecule has 3 aliphatic carbocycles. The fraction of sp³-hybridized carbons (Fsp3) is 0.433. The number of fused-ring (bicyclic) bond motifs is 1. The number of ether oxygens (including phenoxy) is 1. The molecule has 38 heavy (non-hydrogen) atoms. The number of hydrogen-bond donors (Lipinski definition) is 5. The number of aromatic amines is 1. The van der Waals surface area contributed by atoms with Crippen LogP contribution in [0.2, 0.25) is 0 Å². The number of H-pyrrole nitrogens is 1. The van der Waals surface area contributed by atoms with Crippen LogP contribution in [-0.4, -0.2) is 61.9 Å². The number of nitrogens with one attached hydrogen (secondary N) is 2. The van der Waals surface area contributed by atoms with Crippen molar-refractivity contribution in [2.75, 3.05) is 18.4 Å². The SMILES string of the molecule is C.O=C(Nc1ccc2[nH]ccc2c1)C1=C(O)[C@@H]2Oc3c(O)ccc4c3[C@@]23CCN(CC2CC2)[C@H](C4)[C@]3(O)C1. The number of nitrogens with zero attached hydrogens (tertiary/aromatic N) is 1. The largest absolute Gasteiger partial charge is 0.508 e. The highest BCUT2D eigenvalue weighted by atomic mass is 16.5. The average molecular weight is 516 g/mol. The lowest BCUT2D eigenvalue weighted by molar-refractivity contribution is -0.172. The minimum atomic E-state index is -1.32. The zero-order chi connectivity index (χ0) is 25.1. The van der Waals surface area contributed by atoms with Crippen LogP contribution in [0.4, 0.5) is 5.69 Å². The summed E-state index contributed by atoms with van der Waals surface area (Å²) in [7, 11) is 0. The van der Waals surface area contributed by atoms with E-state index in [-0.39, 0.29) is 37.0 Å². The number of piperidine rings is 1. The number of likely N-dealkylation sites (tertiary alicyclic amines) is 1.